The molecule has 1 aromatic rings. The van der Waals surface area contributed by atoms with Crippen LogP contribution < -0.4 is 14.8 Å². The molecule has 0 saturated carbocycles. The van der Waals surface area contributed by atoms with Crippen molar-refractivity contribution < 1.29 is 14.2 Å². The lowest BCUT2D eigenvalue weighted by molar-refractivity contribution is 0.109. The van der Waals surface area contributed by atoms with E-state index < -0.39 is 0 Å². The number of ether oxygens (including phenoxy) is 3. The van der Waals surface area contributed by atoms with E-state index in [1.807, 2.05) is 13.1 Å². The van der Waals surface area contributed by atoms with Crippen LogP contribution in [-0.4, -0.2) is 33.5 Å². The minimum atomic E-state index is 0.187. The first kappa shape index (κ1) is 16.1. The molecule has 0 saturated heterocycles. The fraction of sp³-hybridized carbons (Fsp3) is 0.647. The molecule has 0 amide bonds. The van der Waals surface area contributed by atoms with Crippen LogP contribution in [0.4, 0.5) is 0 Å². The molecule has 118 valence electrons. The van der Waals surface area contributed by atoms with Gasteiger partial charge in [0, 0.05) is 6.61 Å². The third-order valence-corrected chi connectivity index (χ3v) is 3.74. The van der Waals surface area contributed by atoms with Crippen LogP contribution in [0.1, 0.15) is 44.2 Å². The standard InChI is InChI=1S/C17H27NO3/c1-3-4-5-6-9-19-13-15(18-2)14-7-8-16-17(12-14)21-11-10-20-16/h7-8,12,15,18H,3-6,9-11,13H2,1-2H3. The van der Waals surface area contributed by atoms with Crippen LogP contribution in [0.3, 0.4) is 0 Å². The van der Waals surface area contributed by atoms with Crippen LogP contribution in [0.2, 0.25) is 0 Å². The summed E-state index contributed by atoms with van der Waals surface area (Å²) in [5.74, 6) is 1.67. The second-order valence-electron chi connectivity index (χ2n) is 5.38. The molecule has 0 aromatic heterocycles. The van der Waals surface area contributed by atoms with Gasteiger partial charge in [-0.3, -0.25) is 0 Å². The van der Waals surface area contributed by atoms with E-state index in [4.69, 9.17) is 14.2 Å². The van der Waals surface area contributed by atoms with E-state index in [1.165, 1.54) is 24.8 Å². The molecule has 0 bridgehead atoms. The van der Waals surface area contributed by atoms with E-state index in [9.17, 15) is 0 Å². The third-order valence-electron chi connectivity index (χ3n) is 3.74. The number of likely N-dealkylation sites (N-methyl/N-ethyl adjacent to an activating group) is 1. The second-order valence-corrected chi connectivity index (χ2v) is 5.38. The van der Waals surface area contributed by atoms with E-state index in [0.29, 0.717) is 19.8 Å². The van der Waals surface area contributed by atoms with Gasteiger partial charge in [-0.1, -0.05) is 32.3 Å². The first-order valence-corrected chi connectivity index (χ1v) is 7.99. The molecule has 1 aliphatic rings. The van der Waals surface area contributed by atoms with Crippen LogP contribution in [0.5, 0.6) is 11.5 Å². The third kappa shape index (κ3) is 4.90. The van der Waals surface area contributed by atoms with Crippen molar-refractivity contribution in [1.82, 2.24) is 5.32 Å². The maximum atomic E-state index is 5.80. The highest BCUT2D eigenvalue weighted by Gasteiger charge is 2.16. The minimum Gasteiger partial charge on any atom is -0.486 e. The van der Waals surface area contributed by atoms with E-state index in [1.54, 1.807) is 0 Å². The monoisotopic (exact) mass is 293 g/mol. The maximum Gasteiger partial charge on any atom is 0.161 e. The van der Waals surface area contributed by atoms with Gasteiger partial charge in [0.2, 0.25) is 0 Å². The molecule has 0 radical (unpaired) electrons. The Morgan fingerprint density at radius 2 is 1.95 bits per heavy atom. The summed E-state index contributed by atoms with van der Waals surface area (Å²) in [4.78, 5) is 0. The number of hydrogen-bond donors (Lipinski definition) is 1. The summed E-state index contributed by atoms with van der Waals surface area (Å²) < 4.78 is 17.0. The summed E-state index contributed by atoms with van der Waals surface area (Å²) in [7, 11) is 1.96. The van der Waals surface area contributed by atoms with E-state index >= 15 is 0 Å². The van der Waals surface area contributed by atoms with Crippen molar-refractivity contribution in [2.75, 3.05) is 33.5 Å². The Morgan fingerprint density at radius 1 is 1.14 bits per heavy atom. The zero-order valence-corrected chi connectivity index (χ0v) is 13.2. The first-order valence-electron chi connectivity index (χ1n) is 7.99. The van der Waals surface area contributed by atoms with Gasteiger partial charge in [0.25, 0.3) is 0 Å². The first-order chi connectivity index (χ1) is 10.3. The number of unbranched alkanes of at least 4 members (excludes halogenated alkanes) is 3. The molecule has 1 N–H and O–H groups in total. The normalized spacial score (nSPS) is 15.0. The largest absolute Gasteiger partial charge is 0.486 e. The summed E-state index contributed by atoms with van der Waals surface area (Å²) >= 11 is 0. The molecule has 1 unspecified atom stereocenters. The van der Waals surface area contributed by atoms with Crippen molar-refractivity contribution in [2.24, 2.45) is 0 Å². The van der Waals surface area contributed by atoms with Crippen LogP contribution in [0.25, 0.3) is 0 Å². The van der Waals surface area contributed by atoms with Crippen LogP contribution >= 0.6 is 0 Å². The summed E-state index contributed by atoms with van der Waals surface area (Å²) in [5.41, 5.74) is 1.18. The van der Waals surface area contributed by atoms with Gasteiger partial charge in [0.05, 0.1) is 12.6 Å². The second kappa shape index (κ2) is 8.90. The molecule has 1 heterocycles. The number of hydrogen-bond acceptors (Lipinski definition) is 4. The van der Waals surface area contributed by atoms with Crippen LogP contribution in [0, 0.1) is 0 Å². The molecule has 4 nitrogen and oxygen atoms in total. The quantitative estimate of drug-likeness (QED) is 0.709. The molecule has 1 aliphatic heterocycles. The fourth-order valence-electron chi connectivity index (χ4n) is 2.46. The molecule has 4 heteroatoms. The van der Waals surface area contributed by atoms with E-state index in [2.05, 4.69) is 24.4 Å². The molecular formula is C17H27NO3. The Bertz CT molecular complexity index is 422. The van der Waals surface area contributed by atoms with Crippen molar-refractivity contribution >= 4 is 0 Å². The lowest BCUT2D eigenvalue weighted by atomic mass is 10.1. The van der Waals surface area contributed by atoms with Gasteiger partial charge >= 0.3 is 0 Å². The van der Waals surface area contributed by atoms with Gasteiger partial charge in [0.1, 0.15) is 13.2 Å². The van der Waals surface area contributed by atoms with Gasteiger partial charge in [-0.15, -0.1) is 0 Å². The number of fused-ring (bicyclic) bond motifs is 1. The molecule has 2 rings (SSSR count). The van der Waals surface area contributed by atoms with Gasteiger partial charge in [-0.25, -0.2) is 0 Å². The number of rotatable bonds is 9. The molecule has 1 aromatic carbocycles. The van der Waals surface area contributed by atoms with E-state index in [-0.39, 0.29) is 6.04 Å². The smallest absolute Gasteiger partial charge is 0.161 e. The van der Waals surface area contributed by atoms with E-state index in [0.717, 1.165) is 24.5 Å². The molecular weight excluding hydrogens is 266 g/mol. The highest BCUT2D eigenvalue weighted by molar-refractivity contribution is 5.44. The van der Waals surface area contributed by atoms with Crippen molar-refractivity contribution in [3.63, 3.8) is 0 Å². The van der Waals surface area contributed by atoms with Gasteiger partial charge in [0.15, 0.2) is 11.5 Å². The molecule has 1 atom stereocenters. The van der Waals surface area contributed by atoms with Gasteiger partial charge in [-0.2, -0.15) is 0 Å². The van der Waals surface area contributed by atoms with Gasteiger partial charge in [-0.05, 0) is 31.2 Å². The summed E-state index contributed by atoms with van der Waals surface area (Å²) in [5, 5.41) is 3.31. The van der Waals surface area contributed by atoms with Crippen LogP contribution in [0.15, 0.2) is 18.2 Å². The molecule has 0 spiro atoms. The summed E-state index contributed by atoms with van der Waals surface area (Å²) in [6, 6.07) is 6.30. The predicted octanol–water partition coefficient (Wildman–Crippen LogP) is 3.32. The Kier molecular flexibility index (Phi) is 6.83. The van der Waals surface area contributed by atoms with Crippen molar-refractivity contribution in [1.29, 1.82) is 0 Å². The summed E-state index contributed by atoms with van der Waals surface area (Å²) in [6.07, 6.45) is 4.95. The Labute approximate surface area is 127 Å². The SMILES string of the molecule is CCCCCCOCC(NC)c1ccc2c(c1)OCCO2. The lowest BCUT2D eigenvalue weighted by Gasteiger charge is -2.22. The maximum absolute atomic E-state index is 5.80. The predicted molar refractivity (Wildman–Crippen MR) is 84.2 cm³/mol. The molecule has 0 aliphatic carbocycles. The van der Waals surface area contributed by atoms with Crippen LogP contribution in [-0.2, 0) is 4.74 Å². The zero-order valence-electron chi connectivity index (χ0n) is 13.2. The molecule has 0 fully saturated rings. The fourth-order valence-corrected chi connectivity index (χ4v) is 2.46. The number of nitrogens with one attached hydrogen (secondary N) is 1. The Balaban J connectivity index is 1.83. The minimum absolute atomic E-state index is 0.187. The average Bonchev–Trinajstić information content (AvgIpc) is 2.54. The van der Waals surface area contributed by atoms with Crippen molar-refractivity contribution in [2.45, 2.75) is 38.6 Å². The Hall–Kier alpha value is -1.26. The average molecular weight is 293 g/mol. The van der Waals surface area contributed by atoms with Gasteiger partial charge < -0.3 is 19.5 Å². The lowest BCUT2D eigenvalue weighted by Crippen LogP contribution is -2.23. The van der Waals surface area contributed by atoms with Crippen molar-refractivity contribution in [3.05, 3.63) is 23.8 Å². The zero-order chi connectivity index (χ0) is 14.9. The van der Waals surface area contributed by atoms with Crippen molar-refractivity contribution in [3.8, 4) is 11.5 Å². The molecule has 21 heavy (non-hydrogen) atoms. The highest BCUT2D eigenvalue weighted by atomic mass is 16.6. The number of benzene rings is 1. The summed E-state index contributed by atoms with van der Waals surface area (Å²) in [6.45, 7) is 4.99. The highest BCUT2D eigenvalue weighted by Crippen LogP contribution is 2.32. The Morgan fingerprint density at radius 3 is 2.71 bits per heavy atom. The topological polar surface area (TPSA) is 39.7 Å².